The SMILES string of the molecule is COc1ccc(Cl)cc1CNS(=O)(=O)CC1CC(C)(C)CO1. The summed E-state index contributed by atoms with van der Waals surface area (Å²) in [4.78, 5) is 0. The van der Waals surface area contributed by atoms with Gasteiger partial charge in [0.25, 0.3) is 0 Å². The maximum Gasteiger partial charge on any atom is 0.214 e. The number of benzene rings is 1. The van der Waals surface area contributed by atoms with Crippen LogP contribution in [-0.4, -0.2) is 34.0 Å². The van der Waals surface area contributed by atoms with E-state index in [1.807, 2.05) is 0 Å². The Hall–Kier alpha value is -0.820. The molecule has 1 aromatic rings. The minimum Gasteiger partial charge on any atom is -0.496 e. The first kappa shape index (κ1) is 17.5. The van der Waals surface area contributed by atoms with Crippen molar-refractivity contribution in [3.63, 3.8) is 0 Å². The normalized spacial score (nSPS) is 21.0. The summed E-state index contributed by atoms with van der Waals surface area (Å²) in [6, 6.07) is 5.11. The first-order chi connectivity index (χ1) is 10.2. The quantitative estimate of drug-likeness (QED) is 0.859. The third-order valence-electron chi connectivity index (χ3n) is 3.62. The van der Waals surface area contributed by atoms with Crippen LogP contribution < -0.4 is 9.46 Å². The second-order valence-corrected chi connectivity index (χ2v) is 8.65. The molecule has 1 atom stereocenters. The molecule has 7 heteroatoms. The molecule has 0 saturated carbocycles. The van der Waals surface area contributed by atoms with Gasteiger partial charge in [-0.25, -0.2) is 13.1 Å². The predicted molar refractivity (Wildman–Crippen MR) is 86.8 cm³/mol. The maximum atomic E-state index is 12.2. The van der Waals surface area contributed by atoms with Crippen LogP contribution in [0.1, 0.15) is 25.8 Å². The number of halogens is 1. The lowest BCUT2D eigenvalue weighted by molar-refractivity contribution is 0.113. The third kappa shape index (κ3) is 4.84. The fraction of sp³-hybridized carbons (Fsp3) is 0.600. The first-order valence-electron chi connectivity index (χ1n) is 7.12. The largest absolute Gasteiger partial charge is 0.496 e. The van der Waals surface area contributed by atoms with Gasteiger partial charge in [0, 0.05) is 17.1 Å². The summed E-state index contributed by atoms with van der Waals surface area (Å²) in [6.45, 7) is 4.88. The van der Waals surface area contributed by atoms with Crippen molar-refractivity contribution in [1.82, 2.24) is 4.72 Å². The third-order valence-corrected chi connectivity index (χ3v) is 5.25. The molecular weight excluding hydrogens is 326 g/mol. The van der Waals surface area contributed by atoms with Crippen molar-refractivity contribution in [2.45, 2.75) is 32.9 Å². The van der Waals surface area contributed by atoms with Crippen LogP contribution in [-0.2, 0) is 21.3 Å². The fourth-order valence-electron chi connectivity index (χ4n) is 2.56. The molecule has 1 aliphatic heterocycles. The highest BCUT2D eigenvalue weighted by Crippen LogP contribution is 2.31. The average molecular weight is 348 g/mol. The Labute approximate surface area is 137 Å². The topological polar surface area (TPSA) is 64.6 Å². The van der Waals surface area contributed by atoms with Gasteiger partial charge in [0.05, 0.1) is 25.6 Å². The van der Waals surface area contributed by atoms with Crippen molar-refractivity contribution in [1.29, 1.82) is 0 Å². The van der Waals surface area contributed by atoms with E-state index in [-0.39, 0.29) is 23.8 Å². The smallest absolute Gasteiger partial charge is 0.214 e. The van der Waals surface area contributed by atoms with E-state index in [1.165, 1.54) is 7.11 Å². The highest BCUT2D eigenvalue weighted by molar-refractivity contribution is 7.89. The van der Waals surface area contributed by atoms with Gasteiger partial charge in [0.1, 0.15) is 5.75 Å². The van der Waals surface area contributed by atoms with Gasteiger partial charge in [-0.2, -0.15) is 0 Å². The first-order valence-corrected chi connectivity index (χ1v) is 9.15. The van der Waals surface area contributed by atoms with Crippen LogP contribution in [0.3, 0.4) is 0 Å². The van der Waals surface area contributed by atoms with E-state index < -0.39 is 10.0 Å². The van der Waals surface area contributed by atoms with Crippen molar-refractivity contribution in [2.24, 2.45) is 5.41 Å². The molecule has 1 saturated heterocycles. The molecule has 1 aliphatic rings. The molecule has 0 aromatic heterocycles. The van der Waals surface area contributed by atoms with Gasteiger partial charge >= 0.3 is 0 Å². The van der Waals surface area contributed by atoms with Gasteiger partial charge in [-0.3, -0.25) is 0 Å². The molecule has 1 N–H and O–H groups in total. The van der Waals surface area contributed by atoms with E-state index in [4.69, 9.17) is 21.1 Å². The summed E-state index contributed by atoms with van der Waals surface area (Å²) in [7, 11) is -1.89. The lowest BCUT2D eigenvalue weighted by atomic mass is 9.91. The fourth-order valence-corrected chi connectivity index (χ4v) is 3.95. The highest BCUT2D eigenvalue weighted by Gasteiger charge is 2.34. The lowest BCUT2D eigenvalue weighted by Gasteiger charge is -2.15. The Bertz CT molecular complexity index is 630. The molecule has 0 spiro atoms. The number of nitrogens with one attached hydrogen (secondary N) is 1. The van der Waals surface area contributed by atoms with Crippen LogP contribution in [0.15, 0.2) is 18.2 Å². The molecule has 124 valence electrons. The molecular formula is C15H22ClNO4S. The van der Waals surface area contributed by atoms with Gasteiger partial charge < -0.3 is 9.47 Å². The Morgan fingerprint density at radius 2 is 2.18 bits per heavy atom. The Morgan fingerprint density at radius 3 is 2.77 bits per heavy atom. The van der Waals surface area contributed by atoms with E-state index in [9.17, 15) is 8.42 Å². The van der Waals surface area contributed by atoms with Crippen LogP contribution >= 0.6 is 11.6 Å². The number of methoxy groups -OCH3 is 1. The van der Waals surface area contributed by atoms with E-state index in [1.54, 1.807) is 18.2 Å². The van der Waals surface area contributed by atoms with Crippen LogP contribution in [0.5, 0.6) is 5.75 Å². The molecule has 0 bridgehead atoms. The Kier molecular flexibility index (Phi) is 5.37. The van der Waals surface area contributed by atoms with Crippen LogP contribution in [0.4, 0.5) is 0 Å². The van der Waals surface area contributed by atoms with Gasteiger partial charge in [0.15, 0.2) is 0 Å². The molecule has 1 aromatic carbocycles. The summed E-state index contributed by atoms with van der Waals surface area (Å²) in [6.07, 6.45) is 0.489. The highest BCUT2D eigenvalue weighted by atomic mass is 35.5. The van der Waals surface area contributed by atoms with Crippen molar-refractivity contribution < 1.29 is 17.9 Å². The summed E-state index contributed by atoms with van der Waals surface area (Å²) >= 11 is 5.94. The number of rotatable bonds is 6. The zero-order valence-electron chi connectivity index (χ0n) is 13.1. The zero-order chi connectivity index (χ0) is 16.4. The molecule has 1 heterocycles. The van der Waals surface area contributed by atoms with Gasteiger partial charge in [-0.15, -0.1) is 0 Å². The second-order valence-electron chi connectivity index (χ2n) is 6.36. The second kappa shape index (κ2) is 6.74. The number of hydrogen-bond acceptors (Lipinski definition) is 4. The predicted octanol–water partition coefficient (Wildman–Crippen LogP) is 2.58. The molecule has 1 fully saturated rings. The number of ether oxygens (including phenoxy) is 2. The minimum absolute atomic E-state index is 0.0285. The van der Waals surface area contributed by atoms with Crippen LogP contribution in [0.25, 0.3) is 0 Å². The molecule has 2 rings (SSSR count). The van der Waals surface area contributed by atoms with Gasteiger partial charge in [-0.05, 0) is 30.0 Å². The standard InChI is InChI=1S/C15H22ClNO4S/c1-15(2)7-13(21-10-15)9-22(18,19)17-8-11-6-12(16)4-5-14(11)20-3/h4-6,13,17H,7-10H2,1-3H3. The monoisotopic (exact) mass is 347 g/mol. The summed E-state index contributed by atoms with van der Waals surface area (Å²) in [5, 5.41) is 0.538. The molecule has 1 unspecified atom stereocenters. The summed E-state index contributed by atoms with van der Waals surface area (Å²) in [5.41, 5.74) is 0.738. The molecule has 0 amide bonds. The molecule has 0 aliphatic carbocycles. The molecule has 5 nitrogen and oxygen atoms in total. The van der Waals surface area contributed by atoms with E-state index in [0.717, 1.165) is 6.42 Å². The minimum atomic E-state index is -3.42. The molecule has 0 radical (unpaired) electrons. The van der Waals surface area contributed by atoms with E-state index in [0.29, 0.717) is 22.9 Å². The maximum absolute atomic E-state index is 12.2. The van der Waals surface area contributed by atoms with Gasteiger partial charge in [0.2, 0.25) is 10.0 Å². The van der Waals surface area contributed by atoms with Crippen LogP contribution in [0.2, 0.25) is 5.02 Å². The summed E-state index contributed by atoms with van der Waals surface area (Å²) < 4.78 is 37.7. The van der Waals surface area contributed by atoms with Crippen molar-refractivity contribution in [2.75, 3.05) is 19.5 Å². The Balaban J connectivity index is 1.97. The number of sulfonamides is 1. The van der Waals surface area contributed by atoms with E-state index >= 15 is 0 Å². The van der Waals surface area contributed by atoms with Crippen molar-refractivity contribution in [3.05, 3.63) is 28.8 Å². The Morgan fingerprint density at radius 1 is 1.45 bits per heavy atom. The van der Waals surface area contributed by atoms with Crippen molar-refractivity contribution in [3.8, 4) is 5.75 Å². The number of hydrogen-bond donors (Lipinski definition) is 1. The van der Waals surface area contributed by atoms with Gasteiger partial charge in [-0.1, -0.05) is 25.4 Å². The van der Waals surface area contributed by atoms with Crippen LogP contribution in [0, 0.1) is 5.41 Å². The zero-order valence-corrected chi connectivity index (χ0v) is 14.6. The average Bonchev–Trinajstić information content (AvgIpc) is 2.75. The lowest BCUT2D eigenvalue weighted by Crippen LogP contribution is -2.32. The van der Waals surface area contributed by atoms with Crippen molar-refractivity contribution >= 4 is 21.6 Å². The molecule has 22 heavy (non-hydrogen) atoms. The summed E-state index contributed by atoms with van der Waals surface area (Å²) in [5.74, 6) is 0.574. The van der Waals surface area contributed by atoms with E-state index in [2.05, 4.69) is 18.6 Å².